The van der Waals surface area contributed by atoms with Gasteiger partial charge in [-0.3, -0.25) is 14.4 Å². The number of carbonyl (C=O) groups is 3. The highest BCUT2D eigenvalue weighted by molar-refractivity contribution is 9.10. The molecule has 6 heteroatoms. The fraction of sp³-hybridized carbons (Fsp3) is 0.625. The number of hydrogen-bond acceptors (Lipinski definition) is 5. The molecule has 0 aliphatic rings. The summed E-state index contributed by atoms with van der Waals surface area (Å²) in [6.45, 7) is 2.08. The van der Waals surface area contributed by atoms with Gasteiger partial charge in [0.05, 0.1) is 0 Å². The number of ether oxygens (including phenoxy) is 2. The second kappa shape index (κ2) is 6.53. The molecule has 0 fully saturated rings. The predicted octanol–water partition coefficient (Wildman–Crippen LogP) is 0.445. The summed E-state index contributed by atoms with van der Waals surface area (Å²) in [5.74, 6) is -1.33. The number of rotatable bonds is 5. The van der Waals surface area contributed by atoms with Crippen molar-refractivity contribution in [2.75, 3.05) is 13.2 Å². The molecule has 0 aromatic heterocycles. The summed E-state index contributed by atoms with van der Waals surface area (Å²) >= 11 is 3.00. The van der Waals surface area contributed by atoms with Crippen LogP contribution in [0.5, 0.6) is 0 Å². The summed E-state index contributed by atoms with van der Waals surface area (Å²) < 4.78 is 9.06. The quantitative estimate of drug-likeness (QED) is 0.534. The molecule has 5 nitrogen and oxygen atoms in total. The second-order valence-electron chi connectivity index (χ2n) is 2.52. The molecule has 0 aromatic carbocycles. The maximum absolute atomic E-state index is 11.1. The Morgan fingerprint density at radius 1 is 1.14 bits per heavy atom. The topological polar surface area (TPSA) is 69.7 Å². The van der Waals surface area contributed by atoms with Crippen LogP contribution in [-0.4, -0.2) is 35.8 Å². The maximum atomic E-state index is 11.1. The lowest BCUT2D eigenvalue weighted by Crippen LogP contribution is -2.26. The highest BCUT2D eigenvalue weighted by Gasteiger charge is 2.17. The molecule has 1 atom stereocenters. The van der Waals surface area contributed by atoms with E-state index in [9.17, 15) is 14.4 Å². The lowest BCUT2D eigenvalue weighted by atomic mass is 10.3. The van der Waals surface area contributed by atoms with E-state index in [-0.39, 0.29) is 19.0 Å². The van der Waals surface area contributed by atoms with Gasteiger partial charge in [0.25, 0.3) is 0 Å². The standard InChI is InChI=1S/C8H11BrO5/c1-5(10)13-3-7(9)8(12)4-14-6(2)11/h7H,3-4H2,1-2H3. The third-order valence-electron chi connectivity index (χ3n) is 1.20. The van der Waals surface area contributed by atoms with Crippen LogP contribution < -0.4 is 0 Å². The molecule has 0 rings (SSSR count). The first-order chi connectivity index (χ1) is 6.43. The van der Waals surface area contributed by atoms with E-state index in [0.29, 0.717) is 0 Å². The molecule has 0 N–H and O–H groups in total. The molecule has 0 amide bonds. The van der Waals surface area contributed by atoms with Crippen molar-refractivity contribution >= 4 is 33.7 Å². The lowest BCUT2D eigenvalue weighted by Gasteiger charge is -2.08. The van der Waals surface area contributed by atoms with E-state index < -0.39 is 16.8 Å². The Balaban J connectivity index is 3.76. The fourth-order valence-corrected chi connectivity index (χ4v) is 0.811. The molecule has 14 heavy (non-hydrogen) atoms. The van der Waals surface area contributed by atoms with Crippen LogP contribution in [0.25, 0.3) is 0 Å². The van der Waals surface area contributed by atoms with Gasteiger partial charge in [-0.05, 0) is 0 Å². The number of hydrogen-bond donors (Lipinski definition) is 0. The van der Waals surface area contributed by atoms with Crippen LogP contribution in [0.3, 0.4) is 0 Å². The van der Waals surface area contributed by atoms with Crippen molar-refractivity contribution in [1.29, 1.82) is 0 Å². The van der Waals surface area contributed by atoms with Gasteiger partial charge in [-0.25, -0.2) is 0 Å². The smallest absolute Gasteiger partial charge is 0.303 e. The third kappa shape index (κ3) is 6.59. The van der Waals surface area contributed by atoms with Crippen molar-refractivity contribution < 1.29 is 23.9 Å². The van der Waals surface area contributed by atoms with E-state index >= 15 is 0 Å². The average molecular weight is 267 g/mol. The second-order valence-corrected chi connectivity index (χ2v) is 3.62. The van der Waals surface area contributed by atoms with E-state index in [1.165, 1.54) is 13.8 Å². The van der Waals surface area contributed by atoms with Gasteiger partial charge in [0.1, 0.15) is 11.4 Å². The van der Waals surface area contributed by atoms with Gasteiger partial charge in [0.15, 0.2) is 12.4 Å². The minimum absolute atomic E-state index is 0.0601. The third-order valence-corrected chi connectivity index (χ3v) is 1.97. The maximum Gasteiger partial charge on any atom is 0.303 e. The van der Waals surface area contributed by atoms with Crippen LogP contribution in [0, 0.1) is 0 Å². The first-order valence-corrected chi connectivity index (χ1v) is 4.78. The molecule has 0 spiro atoms. The Bertz CT molecular complexity index is 238. The Morgan fingerprint density at radius 2 is 1.64 bits per heavy atom. The van der Waals surface area contributed by atoms with E-state index in [4.69, 9.17) is 0 Å². The van der Waals surface area contributed by atoms with Gasteiger partial charge >= 0.3 is 11.9 Å². The van der Waals surface area contributed by atoms with E-state index in [1.54, 1.807) is 0 Å². The van der Waals surface area contributed by atoms with E-state index in [0.717, 1.165) is 0 Å². The highest BCUT2D eigenvalue weighted by Crippen LogP contribution is 2.02. The van der Waals surface area contributed by atoms with Crippen LogP contribution in [0.15, 0.2) is 0 Å². The van der Waals surface area contributed by atoms with Crippen molar-refractivity contribution in [3.63, 3.8) is 0 Å². The van der Waals surface area contributed by atoms with Crippen LogP contribution in [0.4, 0.5) is 0 Å². The van der Waals surface area contributed by atoms with E-state index in [2.05, 4.69) is 25.4 Å². The van der Waals surface area contributed by atoms with E-state index in [1.807, 2.05) is 0 Å². The van der Waals surface area contributed by atoms with Gasteiger partial charge in [0, 0.05) is 13.8 Å². The SMILES string of the molecule is CC(=O)OCC(=O)C(Br)COC(C)=O. The summed E-state index contributed by atoms with van der Waals surface area (Å²) in [6, 6.07) is 0. The number of ketones is 1. The largest absolute Gasteiger partial charge is 0.464 e. The molecular formula is C8H11BrO5. The van der Waals surface area contributed by atoms with Crippen molar-refractivity contribution in [2.45, 2.75) is 18.7 Å². The molecule has 0 saturated carbocycles. The highest BCUT2D eigenvalue weighted by atomic mass is 79.9. The van der Waals surface area contributed by atoms with Gasteiger partial charge in [-0.1, -0.05) is 15.9 Å². The summed E-state index contributed by atoms with van der Waals surface area (Å²) in [7, 11) is 0. The minimum Gasteiger partial charge on any atom is -0.464 e. The first kappa shape index (κ1) is 13.1. The van der Waals surface area contributed by atoms with Gasteiger partial charge in [-0.2, -0.15) is 0 Å². The zero-order valence-corrected chi connectivity index (χ0v) is 9.50. The molecule has 0 aliphatic carbocycles. The molecular weight excluding hydrogens is 256 g/mol. The molecule has 0 aromatic rings. The molecule has 0 heterocycles. The molecule has 80 valence electrons. The summed E-state index contributed by atoms with van der Waals surface area (Å²) in [5.41, 5.74) is 0. The van der Waals surface area contributed by atoms with Crippen LogP contribution in [-0.2, 0) is 23.9 Å². The van der Waals surface area contributed by atoms with Crippen LogP contribution >= 0.6 is 15.9 Å². The van der Waals surface area contributed by atoms with Crippen LogP contribution in [0.2, 0.25) is 0 Å². The predicted molar refractivity (Wildman–Crippen MR) is 51.0 cm³/mol. The first-order valence-electron chi connectivity index (χ1n) is 3.87. The van der Waals surface area contributed by atoms with Crippen molar-refractivity contribution in [3.05, 3.63) is 0 Å². The molecule has 0 bridgehead atoms. The molecule has 1 unspecified atom stereocenters. The fourth-order valence-electron chi connectivity index (χ4n) is 0.547. The Morgan fingerprint density at radius 3 is 2.07 bits per heavy atom. The number of alkyl halides is 1. The molecule has 0 saturated heterocycles. The normalized spacial score (nSPS) is 11.6. The monoisotopic (exact) mass is 266 g/mol. The minimum atomic E-state index is -0.634. The van der Waals surface area contributed by atoms with Gasteiger partial charge in [-0.15, -0.1) is 0 Å². The van der Waals surface area contributed by atoms with Gasteiger partial charge < -0.3 is 9.47 Å². The summed E-state index contributed by atoms with van der Waals surface area (Å²) in [4.78, 5) is 31.3. The van der Waals surface area contributed by atoms with Crippen molar-refractivity contribution in [3.8, 4) is 0 Å². The summed E-state index contributed by atoms with van der Waals surface area (Å²) in [5, 5.41) is 0. The Labute approximate surface area is 89.9 Å². The molecule has 0 radical (unpaired) electrons. The van der Waals surface area contributed by atoms with Crippen molar-refractivity contribution in [2.24, 2.45) is 0 Å². The number of halogens is 1. The lowest BCUT2D eigenvalue weighted by molar-refractivity contribution is -0.147. The number of esters is 2. The average Bonchev–Trinajstić information content (AvgIpc) is 2.09. The number of Topliss-reactive ketones (excluding diaryl/α,β-unsaturated/α-hetero) is 1. The van der Waals surface area contributed by atoms with Crippen LogP contribution in [0.1, 0.15) is 13.8 Å². The van der Waals surface area contributed by atoms with Crippen molar-refractivity contribution in [1.82, 2.24) is 0 Å². The Hall–Kier alpha value is -0.910. The summed E-state index contributed by atoms with van der Waals surface area (Å²) in [6.07, 6.45) is 0. The Kier molecular flexibility index (Phi) is 6.11. The molecule has 0 aliphatic heterocycles. The zero-order chi connectivity index (χ0) is 11.1. The zero-order valence-electron chi connectivity index (χ0n) is 7.91. The number of carbonyl (C=O) groups excluding carboxylic acids is 3. The van der Waals surface area contributed by atoms with Gasteiger partial charge in [0.2, 0.25) is 0 Å².